The van der Waals surface area contributed by atoms with E-state index in [0.717, 1.165) is 24.2 Å². The average Bonchev–Trinajstić information content (AvgIpc) is 2.54. The highest BCUT2D eigenvalue weighted by atomic mass is 16.5. The van der Waals surface area contributed by atoms with Crippen molar-refractivity contribution in [3.8, 4) is 17.5 Å². The molecule has 21 heavy (non-hydrogen) atoms. The van der Waals surface area contributed by atoms with Crippen LogP contribution in [0.15, 0.2) is 30.6 Å². The number of aliphatic hydroxyl groups excluding tert-OH is 1. The number of rotatable bonds is 7. The van der Waals surface area contributed by atoms with E-state index in [1.54, 1.807) is 37.7 Å². The Labute approximate surface area is 123 Å². The van der Waals surface area contributed by atoms with Crippen molar-refractivity contribution >= 4 is 0 Å². The Hall–Kier alpha value is -2.18. The van der Waals surface area contributed by atoms with Crippen LogP contribution in [0.1, 0.15) is 18.1 Å². The second kappa shape index (κ2) is 7.56. The van der Waals surface area contributed by atoms with Crippen LogP contribution >= 0.6 is 0 Å². The molecule has 6 heteroatoms. The molecule has 0 amide bonds. The molecule has 2 N–H and O–H groups in total. The quantitative estimate of drug-likeness (QED) is 0.810. The fourth-order valence-electron chi connectivity index (χ4n) is 1.75. The van der Waals surface area contributed by atoms with Gasteiger partial charge in [-0.05, 0) is 24.2 Å². The van der Waals surface area contributed by atoms with Crippen LogP contribution < -0.4 is 14.8 Å². The lowest BCUT2D eigenvalue weighted by molar-refractivity contribution is 0.280. The fraction of sp³-hybridized carbons (Fsp3) is 0.333. The smallest absolute Gasteiger partial charge is 0.322 e. The molecule has 1 heterocycles. The maximum Gasteiger partial charge on any atom is 0.322 e. The molecule has 0 aliphatic carbocycles. The topological polar surface area (TPSA) is 76.5 Å². The molecule has 0 aliphatic heterocycles. The van der Waals surface area contributed by atoms with Gasteiger partial charge in [-0.2, -0.15) is 0 Å². The number of nitrogens with zero attached hydrogens (tertiary/aromatic N) is 2. The van der Waals surface area contributed by atoms with E-state index in [1.165, 1.54) is 0 Å². The average molecular weight is 289 g/mol. The van der Waals surface area contributed by atoms with Crippen LogP contribution in [0.4, 0.5) is 0 Å². The van der Waals surface area contributed by atoms with Crippen LogP contribution in [0.3, 0.4) is 0 Å². The van der Waals surface area contributed by atoms with Gasteiger partial charge in [0.05, 0.1) is 13.7 Å². The lowest BCUT2D eigenvalue weighted by Gasteiger charge is -2.10. The van der Waals surface area contributed by atoms with Crippen LogP contribution in [0.2, 0.25) is 0 Å². The minimum absolute atomic E-state index is 0.0493. The Kier molecular flexibility index (Phi) is 5.48. The molecule has 2 aromatic rings. The number of methoxy groups -OCH3 is 1. The Morgan fingerprint density at radius 3 is 2.52 bits per heavy atom. The molecular weight excluding hydrogens is 270 g/mol. The van der Waals surface area contributed by atoms with Crippen molar-refractivity contribution in [3.05, 3.63) is 41.7 Å². The predicted molar refractivity (Wildman–Crippen MR) is 78.4 cm³/mol. The fourth-order valence-corrected chi connectivity index (χ4v) is 1.75. The zero-order valence-corrected chi connectivity index (χ0v) is 12.2. The molecule has 0 spiro atoms. The lowest BCUT2D eigenvalue weighted by Crippen LogP contribution is -2.12. The second-order valence-electron chi connectivity index (χ2n) is 4.40. The van der Waals surface area contributed by atoms with E-state index in [9.17, 15) is 0 Å². The Bertz CT molecular complexity index is 573. The second-order valence-corrected chi connectivity index (χ2v) is 4.40. The molecule has 0 saturated heterocycles. The van der Waals surface area contributed by atoms with Crippen LogP contribution in [0, 0.1) is 0 Å². The minimum Gasteiger partial charge on any atom is -0.493 e. The van der Waals surface area contributed by atoms with Crippen molar-refractivity contribution in [2.75, 3.05) is 13.7 Å². The van der Waals surface area contributed by atoms with Crippen molar-refractivity contribution in [2.45, 2.75) is 20.1 Å². The maximum absolute atomic E-state index is 9.11. The monoisotopic (exact) mass is 289 g/mol. The predicted octanol–water partition coefficient (Wildman–Crippen LogP) is 1.88. The first kappa shape index (κ1) is 15.2. The summed E-state index contributed by atoms with van der Waals surface area (Å²) >= 11 is 0. The van der Waals surface area contributed by atoms with Gasteiger partial charge in [-0.15, -0.1) is 0 Å². The normalized spacial score (nSPS) is 10.4. The molecule has 112 valence electrons. The standard InChI is InChI=1S/C15H19N3O3/c1-3-16-7-12-8-17-15(18-9-12)21-13-5-4-11(10-19)6-14(13)20-2/h4-6,8-9,16,19H,3,7,10H2,1-2H3. The number of aliphatic hydroxyl groups is 1. The summed E-state index contributed by atoms with van der Waals surface area (Å²) < 4.78 is 10.8. The van der Waals surface area contributed by atoms with Gasteiger partial charge in [-0.1, -0.05) is 13.0 Å². The number of benzene rings is 1. The van der Waals surface area contributed by atoms with E-state index in [-0.39, 0.29) is 12.6 Å². The molecular formula is C15H19N3O3. The summed E-state index contributed by atoms with van der Waals surface area (Å²) in [5.74, 6) is 1.04. The van der Waals surface area contributed by atoms with Crippen LogP contribution in [-0.2, 0) is 13.2 Å². The molecule has 1 aromatic carbocycles. The minimum atomic E-state index is -0.0493. The number of nitrogens with one attached hydrogen (secondary N) is 1. The Balaban J connectivity index is 2.10. The summed E-state index contributed by atoms with van der Waals surface area (Å²) in [6.45, 7) is 3.62. The highest BCUT2D eigenvalue weighted by Gasteiger charge is 2.08. The van der Waals surface area contributed by atoms with Gasteiger partial charge in [0, 0.05) is 24.5 Å². The zero-order valence-electron chi connectivity index (χ0n) is 12.2. The van der Waals surface area contributed by atoms with Crippen molar-refractivity contribution < 1.29 is 14.6 Å². The third-order valence-corrected chi connectivity index (χ3v) is 2.87. The molecule has 6 nitrogen and oxygen atoms in total. The molecule has 0 aliphatic rings. The molecule has 1 aromatic heterocycles. The molecule has 0 saturated carbocycles. The van der Waals surface area contributed by atoms with Crippen LogP contribution in [0.25, 0.3) is 0 Å². The summed E-state index contributed by atoms with van der Waals surface area (Å²) in [5, 5.41) is 12.3. The summed E-state index contributed by atoms with van der Waals surface area (Å²) in [4.78, 5) is 8.33. The third-order valence-electron chi connectivity index (χ3n) is 2.87. The van der Waals surface area contributed by atoms with Gasteiger partial charge in [0.2, 0.25) is 0 Å². The molecule has 0 radical (unpaired) electrons. The first-order chi connectivity index (χ1) is 10.3. The van der Waals surface area contributed by atoms with Crippen molar-refractivity contribution in [3.63, 3.8) is 0 Å². The number of aromatic nitrogens is 2. The summed E-state index contributed by atoms with van der Waals surface area (Å²) in [5.41, 5.74) is 1.74. The van der Waals surface area contributed by atoms with Crippen molar-refractivity contribution in [1.82, 2.24) is 15.3 Å². The van der Waals surface area contributed by atoms with E-state index >= 15 is 0 Å². The van der Waals surface area contributed by atoms with Gasteiger partial charge in [0.15, 0.2) is 11.5 Å². The van der Waals surface area contributed by atoms with Gasteiger partial charge in [-0.3, -0.25) is 0 Å². The van der Waals surface area contributed by atoms with Crippen LogP contribution in [-0.4, -0.2) is 28.7 Å². The van der Waals surface area contributed by atoms with Crippen molar-refractivity contribution in [2.24, 2.45) is 0 Å². The largest absolute Gasteiger partial charge is 0.493 e. The van der Waals surface area contributed by atoms with Gasteiger partial charge >= 0.3 is 6.01 Å². The van der Waals surface area contributed by atoms with E-state index in [4.69, 9.17) is 14.6 Å². The van der Waals surface area contributed by atoms with Gasteiger partial charge in [0.25, 0.3) is 0 Å². The Morgan fingerprint density at radius 2 is 1.90 bits per heavy atom. The molecule has 2 rings (SSSR count). The van der Waals surface area contributed by atoms with E-state index in [1.807, 2.05) is 6.92 Å². The highest BCUT2D eigenvalue weighted by molar-refractivity contribution is 5.43. The van der Waals surface area contributed by atoms with Crippen LogP contribution in [0.5, 0.6) is 17.5 Å². The molecule has 0 unspecified atom stereocenters. The lowest BCUT2D eigenvalue weighted by atomic mass is 10.2. The van der Waals surface area contributed by atoms with Crippen molar-refractivity contribution in [1.29, 1.82) is 0 Å². The SMILES string of the molecule is CCNCc1cnc(Oc2ccc(CO)cc2OC)nc1. The summed E-state index contributed by atoms with van der Waals surface area (Å²) in [7, 11) is 1.55. The Morgan fingerprint density at radius 1 is 1.14 bits per heavy atom. The van der Waals surface area contributed by atoms with Gasteiger partial charge in [0.1, 0.15) is 0 Å². The summed E-state index contributed by atoms with van der Waals surface area (Å²) in [6.07, 6.45) is 3.44. The van der Waals surface area contributed by atoms with Gasteiger partial charge in [-0.25, -0.2) is 9.97 Å². The summed E-state index contributed by atoms with van der Waals surface area (Å²) in [6, 6.07) is 5.46. The first-order valence-electron chi connectivity index (χ1n) is 6.74. The first-order valence-corrected chi connectivity index (χ1v) is 6.74. The number of ether oxygens (including phenoxy) is 2. The molecule has 0 bridgehead atoms. The highest BCUT2D eigenvalue weighted by Crippen LogP contribution is 2.30. The zero-order chi connectivity index (χ0) is 15.1. The van der Waals surface area contributed by atoms with E-state index in [2.05, 4.69) is 15.3 Å². The van der Waals surface area contributed by atoms with Gasteiger partial charge < -0.3 is 19.9 Å². The number of hydrogen-bond acceptors (Lipinski definition) is 6. The number of hydrogen-bond donors (Lipinski definition) is 2. The van der Waals surface area contributed by atoms with E-state index in [0.29, 0.717) is 11.5 Å². The molecule has 0 fully saturated rings. The third kappa shape index (κ3) is 4.14. The maximum atomic E-state index is 9.11. The van der Waals surface area contributed by atoms with E-state index < -0.39 is 0 Å². The molecule has 0 atom stereocenters.